The van der Waals surface area contributed by atoms with Crippen molar-refractivity contribution in [3.8, 4) is 0 Å². The fourth-order valence-corrected chi connectivity index (χ4v) is 3.30. The second kappa shape index (κ2) is 7.03. The van der Waals surface area contributed by atoms with Crippen molar-refractivity contribution in [2.24, 2.45) is 0 Å². The van der Waals surface area contributed by atoms with Gasteiger partial charge >= 0.3 is 0 Å². The normalized spacial score (nSPS) is 21.4. The van der Waals surface area contributed by atoms with E-state index >= 15 is 0 Å². The average molecular weight is 342 g/mol. The molecule has 1 saturated heterocycles. The Hall–Kier alpha value is -0.420. The van der Waals surface area contributed by atoms with Crippen molar-refractivity contribution in [2.75, 3.05) is 26.3 Å². The van der Waals surface area contributed by atoms with Gasteiger partial charge in [-0.15, -0.1) is 0 Å². The molecule has 1 aromatic carbocycles. The first-order chi connectivity index (χ1) is 9.56. The van der Waals surface area contributed by atoms with E-state index in [1.807, 2.05) is 12.1 Å². The molecule has 2 atom stereocenters. The Kier molecular flexibility index (Phi) is 5.61. The summed E-state index contributed by atoms with van der Waals surface area (Å²) in [6.45, 7) is 7.65. The summed E-state index contributed by atoms with van der Waals surface area (Å²) in [5.41, 5.74) is 0.978. The Morgan fingerprint density at radius 2 is 2.10 bits per heavy atom. The maximum absolute atomic E-state index is 10.8. The molecule has 1 heterocycles. The van der Waals surface area contributed by atoms with E-state index in [4.69, 9.17) is 4.74 Å². The number of nitrogens with zero attached hydrogens (tertiary/aromatic N) is 1. The van der Waals surface area contributed by atoms with Crippen molar-refractivity contribution < 1.29 is 9.84 Å². The molecule has 1 aromatic rings. The van der Waals surface area contributed by atoms with Crippen molar-refractivity contribution >= 4 is 15.9 Å². The SMILES string of the molecule is CCC(C)(C(O)Cc1cccc(Br)c1)N1CCOCC1. The second-order valence-electron chi connectivity index (χ2n) is 5.66. The molecule has 0 radical (unpaired) electrons. The first kappa shape index (κ1) is 16.0. The molecule has 0 bridgehead atoms. The maximum atomic E-state index is 10.8. The molecule has 2 rings (SSSR count). The standard InChI is InChI=1S/C16H24BrNO2/c1-3-16(2,18-7-9-20-10-8-18)15(19)12-13-5-4-6-14(17)11-13/h4-6,11,15,19H,3,7-10,12H2,1-2H3. The van der Waals surface area contributed by atoms with Gasteiger partial charge in [0, 0.05) is 29.5 Å². The molecule has 0 aliphatic carbocycles. The van der Waals surface area contributed by atoms with Crippen LogP contribution in [0.1, 0.15) is 25.8 Å². The van der Waals surface area contributed by atoms with E-state index < -0.39 is 0 Å². The first-order valence-electron chi connectivity index (χ1n) is 7.31. The number of halogens is 1. The average Bonchev–Trinajstić information content (AvgIpc) is 2.47. The Morgan fingerprint density at radius 1 is 1.40 bits per heavy atom. The predicted molar refractivity (Wildman–Crippen MR) is 84.9 cm³/mol. The Morgan fingerprint density at radius 3 is 2.70 bits per heavy atom. The quantitative estimate of drug-likeness (QED) is 0.893. The van der Waals surface area contributed by atoms with Crippen LogP contribution in [0, 0.1) is 0 Å². The van der Waals surface area contributed by atoms with Crippen LogP contribution in [0.3, 0.4) is 0 Å². The van der Waals surface area contributed by atoms with Gasteiger partial charge in [-0.2, -0.15) is 0 Å². The smallest absolute Gasteiger partial charge is 0.0761 e. The van der Waals surface area contributed by atoms with E-state index in [-0.39, 0.29) is 11.6 Å². The van der Waals surface area contributed by atoms with Crippen molar-refractivity contribution in [2.45, 2.75) is 38.3 Å². The van der Waals surface area contributed by atoms with Crippen molar-refractivity contribution in [3.63, 3.8) is 0 Å². The molecule has 1 aliphatic rings. The number of hydrogen-bond donors (Lipinski definition) is 1. The first-order valence-corrected chi connectivity index (χ1v) is 8.11. The van der Waals surface area contributed by atoms with Crippen LogP contribution in [-0.2, 0) is 11.2 Å². The van der Waals surface area contributed by atoms with Gasteiger partial charge in [0.2, 0.25) is 0 Å². The molecule has 112 valence electrons. The molecular weight excluding hydrogens is 318 g/mol. The van der Waals surface area contributed by atoms with E-state index in [0.29, 0.717) is 6.42 Å². The molecule has 1 aliphatic heterocycles. The highest BCUT2D eigenvalue weighted by Crippen LogP contribution is 2.27. The van der Waals surface area contributed by atoms with Crippen LogP contribution < -0.4 is 0 Å². The minimum atomic E-state index is -0.375. The van der Waals surface area contributed by atoms with E-state index in [1.54, 1.807) is 0 Å². The number of ether oxygens (including phenoxy) is 1. The summed E-state index contributed by atoms with van der Waals surface area (Å²) in [6.07, 6.45) is 1.24. The van der Waals surface area contributed by atoms with Crippen molar-refractivity contribution in [1.29, 1.82) is 0 Å². The molecule has 1 N–H and O–H groups in total. The highest BCUT2D eigenvalue weighted by molar-refractivity contribution is 9.10. The van der Waals surface area contributed by atoms with E-state index in [2.05, 4.69) is 46.8 Å². The van der Waals surface area contributed by atoms with Crippen LogP contribution in [0.15, 0.2) is 28.7 Å². The molecule has 0 saturated carbocycles. The Balaban J connectivity index is 2.09. The van der Waals surface area contributed by atoms with Gasteiger partial charge in [0.15, 0.2) is 0 Å². The molecule has 1 fully saturated rings. The molecule has 0 amide bonds. The van der Waals surface area contributed by atoms with Gasteiger partial charge < -0.3 is 9.84 Å². The van der Waals surface area contributed by atoms with Crippen LogP contribution in [-0.4, -0.2) is 48.0 Å². The summed E-state index contributed by atoms with van der Waals surface area (Å²) >= 11 is 3.49. The number of hydrogen-bond acceptors (Lipinski definition) is 3. The lowest BCUT2D eigenvalue weighted by atomic mass is 9.85. The number of rotatable bonds is 5. The van der Waals surface area contributed by atoms with Crippen LogP contribution in [0.25, 0.3) is 0 Å². The van der Waals surface area contributed by atoms with Crippen LogP contribution in [0.2, 0.25) is 0 Å². The zero-order valence-corrected chi connectivity index (χ0v) is 13.9. The summed E-state index contributed by atoms with van der Waals surface area (Å²) in [7, 11) is 0. The zero-order valence-electron chi connectivity index (χ0n) is 12.3. The fourth-order valence-electron chi connectivity index (χ4n) is 2.85. The van der Waals surface area contributed by atoms with E-state index in [1.165, 1.54) is 5.56 Å². The summed E-state index contributed by atoms with van der Waals surface area (Å²) < 4.78 is 6.49. The lowest BCUT2D eigenvalue weighted by Crippen LogP contribution is -2.58. The summed E-state index contributed by atoms with van der Waals surface area (Å²) in [4.78, 5) is 2.37. The molecule has 0 spiro atoms. The lowest BCUT2D eigenvalue weighted by molar-refractivity contribution is -0.0714. The van der Waals surface area contributed by atoms with Gasteiger partial charge in [-0.3, -0.25) is 4.90 Å². The number of aliphatic hydroxyl groups excluding tert-OH is 1. The zero-order chi connectivity index (χ0) is 14.6. The molecule has 3 nitrogen and oxygen atoms in total. The Bertz CT molecular complexity index is 434. The van der Waals surface area contributed by atoms with Crippen molar-refractivity contribution in [1.82, 2.24) is 4.90 Å². The molecular formula is C16H24BrNO2. The van der Waals surface area contributed by atoms with Gasteiger partial charge in [-0.05, 0) is 31.0 Å². The van der Waals surface area contributed by atoms with Gasteiger partial charge in [0.25, 0.3) is 0 Å². The topological polar surface area (TPSA) is 32.7 Å². The van der Waals surface area contributed by atoms with Crippen LogP contribution in [0.4, 0.5) is 0 Å². The highest BCUT2D eigenvalue weighted by Gasteiger charge is 2.37. The van der Waals surface area contributed by atoms with Crippen LogP contribution in [0.5, 0.6) is 0 Å². The third kappa shape index (κ3) is 3.61. The van der Waals surface area contributed by atoms with Gasteiger partial charge in [0.1, 0.15) is 0 Å². The minimum Gasteiger partial charge on any atom is -0.391 e. The number of aliphatic hydroxyl groups is 1. The summed E-state index contributed by atoms with van der Waals surface area (Å²) in [6, 6.07) is 8.18. The molecule has 0 aromatic heterocycles. The fraction of sp³-hybridized carbons (Fsp3) is 0.625. The number of benzene rings is 1. The van der Waals surface area contributed by atoms with Gasteiger partial charge in [-0.1, -0.05) is 35.0 Å². The second-order valence-corrected chi connectivity index (χ2v) is 6.58. The molecule has 4 heteroatoms. The minimum absolute atomic E-state index is 0.188. The van der Waals surface area contributed by atoms with Crippen molar-refractivity contribution in [3.05, 3.63) is 34.3 Å². The van der Waals surface area contributed by atoms with E-state index in [0.717, 1.165) is 37.2 Å². The maximum Gasteiger partial charge on any atom is 0.0761 e. The van der Waals surface area contributed by atoms with Gasteiger partial charge in [-0.25, -0.2) is 0 Å². The third-order valence-electron chi connectivity index (χ3n) is 4.49. The largest absolute Gasteiger partial charge is 0.391 e. The number of morpholine rings is 1. The van der Waals surface area contributed by atoms with E-state index in [9.17, 15) is 5.11 Å². The monoisotopic (exact) mass is 341 g/mol. The molecule has 2 unspecified atom stereocenters. The summed E-state index contributed by atoms with van der Waals surface area (Å²) in [5.74, 6) is 0. The third-order valence-corrected chi connectivity index (χ3v) is 4.98. The van der Waals surface area contributed by atoms with Crippen LogP contribution >= 0.6 is 15.9 Å². The lowest BCUT2D eigenvalue weighted by Gasteiger charge is -2.46. The summed E-state index contributed by atoms with van der Waals surface area (Å²) in [5, 5.41) is 10.8. The molecule has 20 heavy (non-hydrogen) atoms. The van der Waals surface area contributed by atoms with Gasteiger partial charge in [0.05, 0.1) is 19.3 Å². The highest BCUT2D eigenvalue weighted by atomic mass is 79.9. The Labute approximate surface area is 130 Å². The predicted octanol–water partition coefficient (Wildman–Crippen LogP) is 2.85.